The van der Waals surface area contributed by atoms with E-state index in [0.29, 0.717) is 5.15 Å². The molecule has 0 amide bonds. The maximum Gasteiger partial charge on any atom is 0.136 e. The van der Waals surface area contributed by atoms with Gasteiger partial charge in [-0.25, -0.2) is 9.97 Å². The molecular formula is C15H16Cl2N2S. The third-order valence-electron chi connectivity index (χ3n) is 2.86. The van der Waals surface area contributed by atoms with Gasteiger partial charge in [0.25, 0.3) is 0 Å². The van der Waals surface area contributed by atoms with Crippen molar-refractivity contribution in [3.8, 4) is 0 Å². The quantitative estimate of drug-likeness (QED) is 0.547. The Hall–Kier alpha value is -0.770. The first-order valence-corrected chi connectivity index (χ1v) is 8.13. The molecule has 0 saturated heterocycles. The minimum absolute atomic E-state index is 0.267. The van der Waals surface area contributed by atoms with Crippen LogP contribution in [-0.2, 0) is 5.75 Å². The molecule has 1 heterocycles. The standard InChI is InChI=1S/C15H16Cl2N2S/c1-9(2)14-18-13(17)10(3)15(19-14)20-8-11-4-6-12(16)7-5-11/h4-7,9H,8H2,1-3H3. The lowest BCUT2D eigenvalue weighted by Crippen LogP contribution is -2.01. The topological polar surface area (TPSA) is 25.8 Å². The van der Waals surface area contributed by atoms with Crippen molar-refractivity contribution < 1.29 is 0 Å². The molecule has 1 aromatic carbocycles. The number of aromatic nitrogens is 2. The van der Waals surface area contributed by atoms with Gasteiger partial charge in [0.2, 0.25) is 0 Å². The highest BCUT2D eigenvalue weighted by atomic mass is 35.5. The Labute approximate surface area is 133 Å². The van der Waals surface area contributed by atoms with Crippen LogP contribution >= 0.6 is 35.0 Å². The summed E-state index contributed by atoms with van der Waals surface area (Å²) in [5.41, 5.74) is 2.15. The van der Waals surface area contributed by atoms with Gasteiger partial charge < -0.3 is 0 Å². The Morgan fingerprint density at radius 1 is 1.10 bits per heavy atom. The smallest absolute Gasteiger partial charge is 0.136 e. The molecule has 5 heteroatoms. The highest BCUT2D eigenvalue weighted by Crippen LogP contribution is 2.29. The molecule has 0 aliphatic rings. The molecule has 2 rings (SSSR count). The van der Waals surface area contributed by atoms with Crippen LogP contribution in [0.4, 0.5) is 0 Å². The number of benzene rings is 1. The normalized spacial score (nSPS) is 11.1. The minimum atomic E-state index is 0.267. The molecule has 106 valence electrons. The monoisotopic (exact) mass is 326 g/mol. The van der Waals surface area contributed by atoms with Gasteiger partial charge in [-0.3, -0.25) is 0 Å². The lowest BCUT2D eigenvalue weighted by molar-refractivity contribution is 0.747. The fraction of sp³-hybridized carbons (Fsp3) is 0.333. The SMILES string of the molecule is Cc1c(Cl)nc(C(C)C)nc1SCc1ccc(Cl)cc1. The van der Waals surface area contributed by atoms with Crippen LogP contribution in [0.25, 0.3) is 0 Å². The van der Waals surface area contributed by atoms with Crippen molar-refractivity contribution in [3.63, 3.8) is 0 Å². The highest BCUT2D eigenvalue weighted by molar-refractivity contribution is 7.98. The van der Waals surface area contributed by atoms with Crippen molar-refractivity contribution in [2.75, 3.05) is 0 Å². The Morgan fingerprint density at radius 3 is 2.35 bits per heavy atom. The average molecular weight is 327 g/mol. The predicted molar refractivity (Wildman–Crippen MR) is 86.9 cm³/mol. The number of hydrogen-bond acceptors (Lipinski definition) is 3. The summed E-state index contributed by atoms with van der Waals surface area (Å²) in [6, 6.07) is 7.85. The number of nitrogens with zero attached hydrogens (tertiary/aromatic N) is 2. The fourth-order valence-corrected chi connectivity index (χ4v) is 2.94. The summed E-state index contributed by atoms with van der Waals surface area (Å²) in [6.45, 7) is 6.08. The van der Waals surface area contributed by atoms with E-state index in [9.17, 15) is 0 Å². The second-order valence-corrected chi connectivity index (χ2v) is 6.63. The van der Waals surface area contributed by atoms with Crippen molar-refractivity contribution >= 4 is 35.0 Å². The van der Waals surface area contributed by atoms with E-state index in [2.05, 4.69) is 23.8 Å². The van der Waals surface area contributed by atoms with Gasteiger partial charge in [-0.05, 0) is 24.6 Å². The summed E-state index contributed by atoms with van der Waals surface area (Å²) >= 11 is 13.7. The van der Waals surface area contributed by atoms with Crippen molar-refractivity contribution in [1.29, 1.82) is 0 Å². The molecular weight excluding hydrogens is 311 g/mol. The van der Waals surface area contributed by atoms with Crippen LogP contribution in [0.15, 0.2) is 29.3 Å². The first-order valence-electron chi connectivity index (χ1n) is 6.38. The summed E-state index contributed by atoms with van der Waals surface area (Å²) in [7, 11) is 0. The average Bonchev–Trinajstić information content (AvgIpc) is 2.42. The van der Waals surface area contributed by atoms with Crippen LogP contribution in [0, 0.1) is 6.92 Å². The van der Waals surface area contributed by atoms with E-state index < -0.39 is 0 Å². The summed E-state index contributed by atoms with van der Waals surface area (Å²) in [4.78, 5) is 8.93. The van der Waals surface area contributed by atoms with Crippen molar-refractivity contribution in [1.82, 2.24) is 9.97 Å². The van der Waals surface area contributed by atoms with Gasteiger partial charge in [-0.1, -0.05) is 49.2 Å². The van der Waals surface area contributed by atoms with Crippen LogP contribution in [-0.4, -0.2) is 9.97 Å². The fourth-order valence-electron chi connectivity index (χ4n) is 1.62. The molecule has 1 aromatic heterocycles. The van der Waals surface area contributed by atoms with Crippen LogP contribution in [0.3, 0.4) is 0 Å². The molecule has 2 nitrogen and oxygen atoms in total. The summed E-state index contributed by atoms with van der Waals surface area (Å²) < 4.78 is 0. The molecule has 0 atom stereocenters. The Bertz CT molecular complexity index is 598. The van der Waals surface area contributed by atoms with Crippen LogP contribution in [0.2, 0.25) is 10.2 Å². The summed E-state index contributed by atoms with van der Waals surface area (Å²) in [5, 5.41) is 2.24. The highest BCUT2D eigenvalue weighted by Gasteiger charge is 2.12. The summed E-state index contributed by atoms with van der Waals surface area (Å²) in [5.74, 6) is 1.89. The Kier molecular flexibility index (Phi) is 5.30. The molecule has 0 radical (unpaired) electrons. The van der Waals surface area contributed by atoms with Gasteiger partial charge in [-0.15, -0.1) is 11.8 Å². The zero-order valence-electron chi connectivity index (χ0n) is 11.7. The second kappa shape index (κ2) is 6.79. The number of rotatable bonds is 4. The number of hydrogen-bond donors (Lipinski definition) is 0. The van der Waals surface area contributed by atoms with E-state index in [1.807, 2.05) is 31.2 Å². The maximum atomic E-state index is 6.18. The van der Waals surface area contributed by atoms with E-state index in [-0.39, 0.29) is 5.92 Å². The second-order valence-electron chi connectivity index (χ2n) is 4.87. The maximum absolute atomic E-state index is 6.18. The third kappa shape index (κ3) is 3.87. The van der Waals surface area contributed by atoms with Crippen molar-refractivity contribution in [3.05, 3.63) is 51.4 Å². The van der Waals surface area contributed by atoms with Gasteiger partial charge in [0.05, 0.1) is 0 Å². The zero-order valence-corrected chi connectivity index (χ0v) is 14.0. The van der Waals surface area contributed by atoms with E-state index in [4.69, 9.17) is 23.2 Å². The van der Waals surface area contributed by atoms with Gasteiger partial charge in [0, 0.05) is 22.3 Å². The van der Waals surface area contributed by atoms with E-state index in [0.717, 1.165) is 27.2 Å². The van der Waals surface area contributed by atoms with E-state index >= 15 is 0 Å². The first-order chi connectivity index (χ1) is 9.47. The molecule has 0 aliphatic heterocycles. The zero-order chi connectivity index (χ0) is 14.7. The molecule has 20 heavy (non-hydrogen) atoms. The molecule has 0 N–H and O–H groups in total. The minimum Gasteiger partial charge on any atom is -0.226 e. The molecule has 0 fully saturated rings. The molecule has 0 saturated carbocycles. The lowest BCUT2D eigenvalue weighted by Gasteiger charge is -2.10. The number of halogens is 2. The van der Waals surface area contributed by atoms with Gasteiger partial charge in [0.1, 0.15) is 16.0 Å². The largest absolute Gasteiger partial charge is 0.226 e. The van der Waals surface area contributed by atoms with E-state index in [1.54, 1.807) is 11.8 Å². The van der Waals surface area contributed by atoms with Gasteiger partial charge in [0.15, 0.2) is 0 Å². The number of thioether (sulfide) groups is 1. The van der Waals surface area contributed by atoms with Crippen molar-refractivity contribution in [2.24, 2.45) is 0 Å². The predicted octanol–water partition coefficient (Wildman–Crippen LogP) is 5.51. The van der Waals surface area contributed by atoms with Crippen LogP contribution in [0.1, 0.15) is 36.7 Å². The molecule has 2 aromatic rings. The Balaban J connectivity index is 2.18. The third-order valence-corrected chi connectivity index (χ3v) is 4.63. The van der Waals surface area contributed by atoms with Crippen LogP contribution < -0.4 is 0 Å². The van der Waals surface area contributed by atoms with Crippen molar-refractivity contribution in [2.45, 2.75) is 37.5 Å². The van der Waals surface area contributed by atoms with Gasteiger partial charge in [-0.2, -0.15) is 0 Å². The molecule has 0 aliphatic carbocycles. The first kappa shape index (κ1) is 15.6. The van der Waals surface area contributed by atoms with Gasteiger partial charge >= 0.3 is 0 Å². The lowest BCUT2D eigenvalue weighted by atomic mass is 10.2. The molecule has 0 unspecified atom stereocenters. The summed E-state index contributed by atoms with van der Waals surface area (Å²) in [6.07, 6.45) is 0. The van der Waals surface area contributed by atoms with E-state index in [1.165, 1.54) is 5.56 Å². The molecule has 0 spiro atoms. The van der Waals surface area contributed by atoms with Crippen LogP contribution in [0.5, 0.6) is 0 Å². The Morgan fingerprint density at radius 2 is 1.75 bits per heavy atom. The molecule has 0 bridgehead atoms.